The molecule has 2 heterocycles. The van der Waals surface area contributed by atoms with E-state index in [9.17, 15) is 28.4 Å². The molecule has 11 nitrogen and oxygen atoms in total. The van der Waals surface area contributed by atoms with Crippen molar-refractivity contribution in [2.75, 3.05) is 37.7 Å². The maximum Gasteiger partial charge on any atom is 0.265 e. The summed E-state index contributed by atoms with van der Waals surface area (Å²) in [4.78, 5) is 71.1. The molecule has 238 valence electrons. The van der Waals surface area contributed by atoms with Gasteiger partial charge in [-0.3, -0.25) is 24.0 Å². The van der Waals surface area contributed by atoms with Gasteiger partial charge in [-0.05, 0) is 76.8 Å². The molecule has 0 aliphatic carbocycles. The van der Waals surface area contributed by atoms with Gasteiger partial charge in [-0.2, -0.15) is 0 Å². The van der Waals surface area contributed by atoms with Gasteiger partial charge in [0.25, 0.3) is 11.8 Å². The molecule has 0 bridgehead atoms. The van der Waals surface area contributed by atoms with Crippen molar-refractivity contribution in [3.8, 4) is 0 Å². The number of nitrogens with two attached hydrogens (primary N) is 1. The van der Waals surface area contributed by atoms with Gasteiger partial charge in [-0.15, -0.1) is 0 Å². The van der Waals surface area contributed by atoms with Crippen molar-refractivity contribution in [2.45, 2.75) is 59.5 Å². The number of benzene rings is 1. The molecule has 13 heteroatoms. The Balaban J connectivity index is 1.88. The molecule has 3 rings (SSSR count). The normalized spacial score (nSPS) is 15.2. The van der Waals surface area contributed by atoms with Crippen molar-refractivity contribution in [3.63, 3.8) is 0 Å². The molecule has 1 aromatic heterocycles. The summed E-state index contributed by atoms with van der Waals surface area (Å²) < 4.78 is 14.4. The zero-order valence-corrected chi connectivity index (χ0v) is 27.1. The fraction of sp³-hybridized carbons (Fsp3) is 0.452. The van der Waals surface area contributed by atoms with E-state index in [-0.39, 0.29) is 49.7 Å². The number of carbonyl (C=O) groups is 5. The van der Waals surface area contributed by atoms with Crippen molar-refractivity contribution in [1.82, 2.24) is 20.5 Å². The molecule has 1 aliphatic rings. The van der Waals surface area contributed by atoms with Gasteiger partial charge in [-0.1, -0.05) is 22.4 Å². The van der Waals surface area contributed by atoms with E-state index >= 15 is 0 Å². The number of H-pyrrole nitrogens is 1. The Hall–Kier alpha value is -3.73. The summed E-state index contributed by atoms with van der Waals surface area (Å²) in [5, 5.41) is 5.52. The number of carbonyl (C=O) groups excluding carboxylic acids is 5. The molecule has 0 fully saturated rings. The van der Waals surface area contributed by atoms with Crippen LogP contribution in [-0.2, 0) is 19.2 Å². The van der Waals surface area contributed by atoms with Gasteiger partial charge in [0.1, 0.15) is 5.82 Å². The number of fused-ring (bicyclic) bond motifs is 1. The largest absolute Gasteiger partial charge is 0.358 e. The second-order valence-electron chi connectivity index (χ2n) is 10.7. The topological polar surface area (TPSA) is 158 Å². The van der Waals surface area contributed by atoms with E-state index in [0.29, 0.717) is 35.6 Å². The van der Waals surface area contributed by atoms with Crippen LogP contribution in [0.1, 0.15) is 66.5 Å². The van der Waals surface area contributed by atoms with Crippen molar-refractivity contribution < 1.29 is 28.4 Å². The number of likely N-dealkylation sites (N-methyl/N-ethyl adjacent to an activating group) is 1. The lowest BCUT2D eigenvalue weighted by Crippen LogP contribution is -2.47. The molecule has 44 heavy (non-hydrogen) atoms. The van der Waals surface area contributed by atoms with Crippen LogP contribution in [0.3, 0.4) is 0 Å². The predicted molar refractivity (Wildman–Crippen MR) is 171 cm³/mol. The molecule has 1 aromatic carbocycles. The number of hydrogen-bond donors (Lipinski definition) is 4. The maximum absolute atomic E-state index is 14.4. The molecule has 1 unspecified atom stereocenters. The first-order chi connectivity index (χ1) is 20.8. The van der Waals surface area contributed by atoms with Gasteiger partial charge in [0.2, 0.25) is 11.8 Å². The Kier molecular flexibility index (Phi) is 12.1. The van der Waals surface area contributed by atoms with Crippen LogP contribution in [-0.4, -0.2) is 84.0 Å². The van der Waals surface area contributed by atoms with Crippen LogP contribution in [0.4, 0.5) is 10.1 Å². The van der Waals surface area contributed by atoms with E-state index < -0.39 is 35.6 Å². The highest BCUT2D eigenvalue weighted by Crippen LogP contribution is 2.39. The number of imide groups is 1. The molecular formula is C31H42FN6O5P. The molecular weight excluding hydrogens is 586 g/mol. The number of nitrogens with one attached hydrogen (secondary N) is 3. The fourth-order valence-corrected chi connectivity index (χ4v) is 5.70. The second-order valence-corrected chi connectivity index (χ2v) is 11.7. The Bertz CT molecular complexity index is 1470. The van der Waals surface area contributed by atoms with Crippen LogP contribution in [0, 0.1) is 19.7 Å². The van der Waals surface area contributed by atoms with Gasteiger partial charge in [0, 0.05) is 36.5 Å². The number of nitrogens with zero attached hydrogens (tertiary/aromatic N) is 2. The molecule has 5 N–H and O–H groups in total. The average Bonchev–Trinajstić information content (AvgIpc) is 3.42. The molecule has 3 atom stereocenters. The highest BCUT2D eigenvalue weighted by molar-refractivity contribution is 7.57. The number of amides is 4. The van der Waals surface area contributed by atoms with Crippen LogP contribution in [0.5, 0.6) is 0 Å². The predicted octanol–water partition coefficient (Wildman–Crippen LogP) is 2.70. The number of aryl methyl sites for hydroxylation is 1. The van der Waals surface area contributed by atoms with Crippen LogP contribution >= 0.6 is 8.58 Å². The van der Waals surface area contributed by atoms with Crippen molar-refractivity contribution in [3.05, 3.63) is 52.1 Å². The Labute approximate surface area is 259 Å². The lowest BCUT2D eigenvalue weighted by molar-refractivity contribution is -0.127. The van der Waals surface area contributed by atoms with Gasteiger partial charge in [-0.25, -0.2) is 9.29 Å². The second kappa shape index (κ2) is 15.3. The third kappa shape index (κ3) is 7.85. The SMILES string of the molecule is CCN(CC)CCNC(=O)c1c(C)[nH]c(/C=C2\C(=O)N(C(=O)CC[C@H](NC(=O)[C@@H](C)N)C(=O)PC)c3ccc(F)cc32)c1C. The van der Waals surface area contributed by atoms with Gasteiger partial charge >= 0.3 is 0 Å². The number of rotatable bonds is 14. The lowest BCUT2D eigenvalue weighted by Gasteiger charge is -2.20. The summed E-state index contributed by atoms with van der Waals surface area (Å²) in [6.07, 6.45) is 1.27. The maximum atomic E-state index is 14.4. The van der Waals surface area contributed by atoms with Gasteiger partial charge < -0.3 is 26.3 Å². The summed E-state index contributed by atoms with van der Waals surface area (Å²) in [6, 6.07) is 1.94. The van der Waals surface area contributed by atoms with Crippen molar-refractivity contribution in [1.29, 1.82) is 0 Å². The van der Waals surface area contributed by atoms with Gasteiger partial charge in [0.05, 0.1) is 28.9 Å². The third-order valence-electron chi connectivity index (χ3n) is 7.71. The Morgan fingerprint density at radius 2 is 1.86 bits per heavy atom. The quantitative estimate of drug-likeness (QED) is 0.185. The van der Waals surface area contributed by atoms with Gasteiger partial charge in [0.15, 0.2) is 5.52 Å². The summed E-state index contributed by atoms with van der Waals surface area (Å²) in [7, 11) is -0.116. The number of hydrogen-bond acceptors (Lipinski definition) is 7. The Morgan fingerprint density at radius 1 is 1.18 bits per heavy atom. The minimum Gasteiger partial charge on any atom is -0.358 e. The van der Waals surface area contributed by atoms with Crippen molar-refractivity contribution in [2.24, 2.45) is 5.73 Å². The highest BCUT2D eigenvalue weighted by atomic mass is 31.1. The first-order valence-electron chi connectivity index (χ1n) is 14.7. The number of aromatic nitrogens is 1. The minimum absolute atomic E-state index is 0.0298. The minimum atomic E-state index is -0.928. The summed E-state index contributed by atoms with van der Waals surface area (Å²) >= 11 is 0. The standard InChI is InChI=1S/C31H42FN6O5P/c1-7-37(8-2)14-13-34-29(41)27-17(3)24(35-19(27)5)16-22-21-15-20(32)9-11-25(21)38(30(22)42)26(39)12-10-23(31(43)44-6)36-28(40)18(4)33/h9,11,15-16,18,23,35,44H,7-8,10,12-14,33H2,1-6H3,(H,34,41)(H,36,40)/b22-16-/t18-,23+/m1/s1. The summed E-state index contributed by atoms with van der Waals surface area (Å²) in [5.41, 5.74) is 8.05. The van der Waals surface area contributed by atoms with E-state index in [1.165, 1.54) is 25.1 Å². The molecule has 0 spiro atoms. The van der Waals surface area contributed by atoms with Crippen LogP contribution in [0.15, 0.2) is 18.2 Å². The molecule has 1 aliphatic heterocycles. The van der Waals surface area contributed by atoms with Crippen LogP contribution < -0.4 is 21.3 Å². The number of anilines is 1. The zero-order chi connectivity index (χ0) is 32.7. The van der Waals surface area contributed by atoms with E-state index in [1.54, 1.807) is 20.5 Å². The first-order valence-corrected chi connectivity index (χ1v) is 16.2. The average molecular weight is 629 g/mol. The monoisotopic (exact) mass is 628 g/mol. The van der Waals surface area contributed by atoms with E-state index in [2.05, 4.69) is 34.4 Å². The lowest BCUT2D eigenvalue weighted by atomic mass is 10.0. The zero-order valence-electron chi connectivity index (χ0n) is 26.1. The molecule has 0 saturated heterocycles. The van der Waals surface area contributed by atoms with E-state index in [1.807, 2.05) is 0 Å². The fourth-order valence-electron chi connectivity index (χ4n) is 5.14. The molecule has 2 aromatic rings. The third-order valence-corrected chi connectivity index (χ3v) is 8.55. The number of halogens is 1. The Morgan fingerprint density at radius 3 is 2.48 bits per heavy atom. The molecule has 0 radical (unpaired) electrons. The molecule has 0 saturated carbocycles. The van der Waals surface area contributed by atoms with Crippen LogP contribution in [0.2, 0.25) is 0 Å². The highest BCUT2D eigenvalue weighted by Gasteiger charge is 2.37. The number of aromatic amines is 1. The smallest absolute Gasteiger partial charge is 0.265 e. The molecule has 4 amide bonds. The summed E-state index contributed by atoms with van der Waals surface area (Å²) in [6.45, 7) is 13.7. The van der Waals surface area contributed by atoms with E-state index in [0.717, 1.165) is 24.1 Å². The van der Waals surface area contributed by atoms with Crippen molar-refractivity contribution >= 4 is 55.1 Å². The first kappa shape index (κ1) is 34.8. The van der Waals surface area contributed by atoms with E-state index in [4.69, 9.17) is 5.73 Å². The van der Waals surface area contributed by atoms with Crippen LogP contribution in [0.25, 0.3) is 11.6 Å². The summed E-state index contributed by atoms with van der Waals surface area (Å²) in [5.74, 6) is -2.62.